The van der Waals surface area contributed by atoms with Crippen molar-refractivity contribution in [3.63, 3.8) is 0 Å². The summed E-state index contributed by atoms with van der Waals surface area (Å²) in [4.78, 5) is 45.8. The van der Waals surface area contributed by atoms with Crippen molar-refractivity contribution in [1.29, 1.82) is 0 Å². The van der Waals surface area contributed by atoms with Gasteiger partial charge in [0.1, 0.15) is 5.60 Å². The van der Waals surface area contributed by atoms with Crippen molar-refractivity contribution in [2.24, 2.45) is 0 Å². The van der Waals surface area contributed by atoms with Gasteiger partial charge in [-0.3, -0.25) is 9.80 Å². The highest BCUT2D eigenvalue weighted by Gasteiger charge is 2.61. The molecule has 396 valence electrons. The first-order valence-electron chi connectivity index (χ1n) is 21.9. The molecule has 70 heavy (non-hydrogen) atoms. The van der Waals surface area contributed by atoms with E-state index >= 15 is 0 Å². The van der Waals surface area contributed by atoms with E-state index in [0.717, 1.165) is 96.8 Å². The number of anilines is 2. The first kappa shape index (κ1) is 58.9. The number of alkyl halides is 12. The third-order valence-corrected chi connectivity index (χ3v) is 12.1. The molecule has 4 aliphatic rings. The molecule has 0 N–H and O–H groups in total. The number of halogens is 15. The second-order valence-corrected chi connectivity index (χ2v) is 19.7. The zero-order chi connectivity index (χ0) is 52.4. The standard InChI is InChI=1S/C20H30BrN3O2.C19H22BrF6N3O2.C4HClF6O2/c1-20(2,3)26-19(25)24-12-10-22(11-13-24)15-16-6-7-17(21)14-18(16)23-8-4-5-9-23;20-14-4-3-13(15(11-14)28-5-1-2-6-28)12-27-7-9-29(10-8-27)17(30)31-16(18(21,22)23)19(24,25)26;5-2(12)13-1(3(6,7)8)4(9,10)11/h6-7,14H,4-5,8-13,15H2,1-3H3;3-4,11,16H,1-2,5-10,12H2;1H. The number of ether oxygens (including phenoxy) is 3. The van der Waals surface area contributed by atoms with Gasteiger partial charge in [0.25, 0.3) is 12.2 Å². The van der Waals surface area contributed by atoms with E-state index in [1.54, 1.807) is 0 Å². The van der Waals surface area contributed by atoms with Crippen LogP contribution in [0.25, 0.3) is 0 Å². The van der Waals surface area contributed by atoms with Gasteiger partial charge < -0.3 is 33.8 Å². The number of benzene rings is 2. The van der Waals surface area contributed by atoms with Gasteiger partial charge in [-0.1, -0.05) is 44.0 Å². The molecular formula is C43H53Br2ClF12N6O6. The Hall–Kier alpha value is -3.62. The van der Waals surface area contributed by atoms with Crippen molar-refractivity contribution in [2.45, 2.75) is 102 Å². The molecule has 0 atom stereocenters. The van der Waals surface area contributed by atoms with Crippen molar-refractivity contribution in [3.8, 4) is 0 Å². The molecule has 2 amide bonds. The minimum absolute atomic E-state index is 0.0170. The predicted octanol–water partition coefficient (Wildman–Crippen LogP) is 11.8. The van der Waals surface area contributed by atoms with Crippen LogP contribution in [0.4, 0.5) is 78.4 Å². The normalized spacial score (nSPS) is 17.8. The Morgan fingerprint density at radius 2 is 0.857 bits per heavy atom. The molecule has 0 radical (unpaired) electrons. The summed E-state index contributed by atoms with van der Waals surface area (Å²) in [6.45, 7) is 15.3. The maximum atomic E-state index is 12.6. The number of hydrogen-bond donors (Lipinski definition) is 0. The van der Waals surface area contributed by atoms with Crippen LogP contribution in [0.15, 0.2) is 45.3 Å². The molecule has 0 spiro atoms. The van der Waals surface area contributed by atoms with E-state index in [-0.39, 0.29) is 19.2 Å². The molecule has 12 nitrogen and oxygen atoms in total. The average Bonchev–Trinajstić information content (AvgIpc) is 3.98. The topological polar surface area (TPSA) is 98.3 Å². The fourth-order valence-electron chi connectivity index (χ4n) is 7.74. The van der Waals surface area contributed by atoms with Gasteiger partial charge in [-0.25, -0.2) is 14.4 Å². The molecule has 0 bridgehead atoms. The van der Waals surface area contributed by atoms with E-state index in [1.807, 2.05) is 48.8 Å². The molecule has 0 saturated carbocycles. The summed E-state index contributed by atoms with van der Waals surface area (Å²) < 4.78 is 159. The first-order chi connectivity index (χ1) is 32.3. The summed E-state index contributed by atoms with van der Waals surface area (Å²) in [7, 11) is 0. The van der Waals surface area contributed by atoms with Gasteiger partial charge in [-0.15, -0.1) is 0 Å². The number of carbonyl (C=O) groups excluding carboxylic acids is 3. The number of amides is 2. The van der Waals surface area contributed by atoms with Crippen LogP contribution >= 0.6 is 43.5 Å². The van der Waals surface area contributed by atoms with Crippen LogP contribution in [-0.4, -0.2) is 158 Å². The maximum Gasteiger partial charge on any atom is 0.434 e. The molecule has 4 aliphatic heterocycles. The van der Waals surface area contributed by atoms with Crippen LogP contribution in [-0.2, 0) is 27.3 Å². The van der Waals surface area contributed by atoms with Crippen LogP contribution in [0.3, 0.4) is 0 Å². The summed E-state index contributed by atoms with van der Waals surface area (Å²) in [6.07, 6.45) is -28.2. The van der Waals surface area contributed by atoms with Crippen LogP contribution in [0.2, 0.25) is 0 Å². The lowest BCUT2D eigenvalue weighted by atomic mass is 10.1. The van der Waals surface area contributed by atoms with Crippen molar-refractivity contribution < 1.29 is 81.3 Å². The van der Waals surface area contributed by atoms with Crippen molar-refractivity contribution in [3.05, 3.63) is 56.5 Å². The predicted molar refractivity (Wildman–Crippen MR) is 242 cm³/mol. The third-order valence-electron chi connectivity index (χ3n) is 11.0. The smallest absolute Gasteiger partial charge is 0.434 e. The highest BCUT2D eigenvalue weighted by atomic mass is 79.9. The number of piperazine rings is 2. The highest BCUT2D eigenvalue weighted by molar-refractivity contribution is 9.10. The van der Waals surface area contributed by atoms with Crippen LogP contribution in [0, 0.1) is 0 Å². The first-order valence-corrected chi connectivity index (χ1v) is 23.9. The monoisotopic (exact) mass is 1170 g/mol. The number of nitrogens with zero attached hydrogens (tertiary/aromatic N) is 6. The molecule has 4 heterocycles. The van der Waals surface area contributed by atoms with E-state index in [4.69, 9.17) is 4.74 Å². The van der Waals surface area contributed by atoms with Gasteiger partial charge in [0, 0.05) is 124 Å². The summed E-state index contributed by atoms with van der Waals surface area (Å²) in [5, 5.41) is 0. The molecule has 27 heteroatoms. The zero-order valence-electron chi connectivity index (χ0n) is 38.1. The van der Waals surface area contributed by atoms with Crippen LogP contribution in [0.1, 0.15) is 57.6 Å². The van der Waals surface area contributed by atoms with Gasteiger partial charge in [-0.2, -0.15) is 52.7 Å². The maximum absolute atomic E-state index is 12.6. The van der Waals surface area contributed by atoms with Gasteiger partial charge in [-0.05, 0) is 81.8 Å². The van der Waals surface area contributed by atoms with E-state index in [9.17, 15) is 67.1 Å². The molecule has 0 unspecified atom stereocenters. The molecule has 6 rings (SSSR count). The molecule has 4 fully saturated rings. The highest BCUT2D eigenvalue weighted by Crippen LogP contribution is 2.38. The molecular weight excluding hydrogens is 1120 g/mol. The Balaban J connectivity index is 0.000000247. The van der Waals surface area contributed by atoms with E-state index in [2.05, 4.69) is 85.8 Å². The Morgan fingerprint density at radius 3 is 1.16 bits per heavy atom. The van der Waals surface area contributed by atoms with E-state index in [1.165, 1.54) is 24.1 Å². The Kier molecular flexibility index (Phi) is 20.9. The lowest BCUT2D eigenvalue weighted by molar-refractivity contribution is -0.308. The summed E-state index contributed by atoms with van der Waals surface area (Å²) in [5.41, 5.74) is 2.31. The second kappa shape index (κ2) is 24.9. The summed E-state index contributed by atoms with van der Waals surface area (Å²) in [5.74, 6) is 0. The number of carbonyl (C=O) groups is 3. The fraction of sp³-hybridized carbons (Fsp3) is 0.651. The van der Waals surface area contributed by atoms with Crippen molar-refractivity contribution >= 4 is 72.5 Å². The molecule has 0 aromatic heterocycles. The Labute approximate surface area is 418 Å². The van der Waals surface area contributed by atoms with Gasteiger partial charge in [0.15, 0.2) is 0 Å². The van der Waals surface area contributed by atoms with E-state index < -0.39 is 54.0 Å². The van der Waals surface area contributed by atoms with Crippen LogP contribution in [0.5, 0.6) is 0 Å². The zero-order valence-corrected chi connectivity index (χ0v) is 42.1. The Morgan fingerprint density at radius 1 is 0.529 bits per heavy atom. The van der Waals surface area contributed by atoms with Gasteiger partial charge >= 0.3 is 42.3 Å². The fourth-order valence-corrected chi connectivity index (χ4v) is 8.53. The summed E-state index contributed by atoms with van der Waals surface area (Å²) in [6, 6.07) is 12.6. The lowest BCUT2D eigenvalue weighted by Gasteiger charge is -2.36. The quantitative estimate of drug-likeness (QED) is 0.144. The molecule has 0 aliphatic carbocycles. The van der Waals surface area contributed by atoms with Gasteiger partial charge in [0.05, 0.1) is 0 Å². The van der Waals surface area contributed by atoms with Gasteiger partial charge in [0.2, 0.25) is 0 Å². The lowest BCUT2D eigenvalue weighted by Crippen LogP contribution is -2.52. The minimum atomic E-state index is -5.72. The number of hydrogen-bond acceptors (Lipinski definition) is 10. The SMILES string of the molecule is CC(C)(C)OC(=O)N1CCN(Cc2ccc(Br)cc2N2CCCC2)CC1.O=C(Cl)OC(C(F)(F)F)C(F)(F)F.O=C(OC(C(F)(F)F)C(F)(F)F)N1CCN(Cc2ccc(Br)cc2N2CCCC2)CC1. The third kappa shape index (κ3) is 18.8. The molecule has 2 aromatic rings. The molecule has 4 saturated heterocycles. The average molecular weight is 1170 g/mol. The van der Waals surface area contributed by atoms with Crippen molar-refractivity contribution in [1.82, 2.24) is 19.6 Å². The number of rotatable bonds is 8. The second-order valence-electron chi connectivity index (χ2n) is 17.6. The van der Waals surface area contributed by atoms with E-state index in [0.29, 0.717) is 19.6 Å². The largest absolute Gasteiger partial charge is 0.444 e. The molecule has 2 aromatic carbocycles. The van der Waals surface area contributed by atoms with Crippen LogP contribution < -0.4 is 9.80 Å². The summed E-state index contributed by atoms with van der Waals surface area (Å²) >= 11 is 11.3. The minimum Gasteiger partial charge on any atom is -0.444 e. The Bertz CT molecular complexity index is 2010. The van der Waals surface area contributed by atoms with Crippen molar-refractivity contribution in [2.75, 3.05) is 88.3 Å².